The van der Waals surface area contributed by atoms with Gasteiger partial charge >= 0.3 is 0 Å². The SMILES string of the molecule is O=C(N[C@H]1C(O)O[C@H]([C@H](O)COC(c2ccccc2)(c2ccccc2)c2ccccc2)[C@@H]1OCc1ccccc1)c1ccccc1. The molecule has 6 rings (SSSR count). The highest BCUT2D eigenvalue weighted by Crippen LogP contribution is 2.41. The number of hydrogen-bond acceptors (Lipinski definition) is 6. The molecule has 7 nitrogen and oxygen atoms in total. The number of hydrogen-bond donors (Lipinski definition) is 3. The van der Waals surface area contributed by atoms with Crippen molar-refractivity contribution >= 4 is 5.91 Å². The van der Waals surface area contributed by atoms with Crippen LogP contribution in [0.15, 0.2) is 152 Å². The number of ether oxygens (including phenoxy) is 3. The molecule has 7 heteroatoms. The standard InChI is InChI=1S/C39H37NO6/c41-33(27-45-39(30-20-10-3-11-21-30,31-22-12-4-13-23-31)32-24-14-5-15-25-32)35-36(44-26-28-16-6-1-7-17-28)34(38(43)46-35)40-37(42)29-18-8-2-9-19-29/h1-25,33-36,38,41,43H,26-27H2,(H,40,42)/t33-,34-,35-,36-,38?/m1/s1. The van der Waals surface area contributed by atoms with Gasteiger partial charge in [0, 0.05) is 5.56 Å². The van der Waals surface area contributed by atoms with Crippen LogP contribution in [0.3, 0.4) is 0 Å². The number of nitrogens with one attached hydrogen (secondary N) is 1. The average Bonchev–Trinajstić information content (AvgIpc) is 3.43. The normalized spacial score (nSPS) is 20.2. The molecule has 46 heavy (non-hydrogen) atoms. The van der Waals surface area contributed by atoms with Crippen molar-refractivity contribution in [3.05, 3.63) is 179 Å². The lowest BCUT2D eigenvalue weighted by Gasteiger charge is -2.37. The first-order valence-electron chi connectivity index (χ1n) is 15.4. The van der Waals surface area contributed by atoms with E-state index in [0.29, 0.717) is 5.56 Å². The predicted octanol–water partition coefficient (Wildman–Crippen LogP) is 5.46. The van der Waals surface area contributed by atoms with E-state index in [2.05, 4.69) is 5.32 Å². The van der Waals surface area contributed by atoms with Gasteiger partial charge in [-0.25, -0.2) is 0 Å². The smallest absolute Gasteiger partial charge is 0.251 e. The van der Waals surface area contributed by atoms with Gasteiger partial charge in [0.15, 0.2) is 6.29 Å². The van der Waals surface area contributed by atoms with Gasteiger partial charge in [0.25, 0.3) is 5.91 Å². The van der Waals surface area contributed by atoms with Crippen LogP contribution in [-0.2, 0) is 26.4 Å². The van der Waals surface area contributed by atoms with Crippen molar-refractivity contribution < 1.29 is 29.2 Å². The van der Waals surface area contributed by atoms with Gasteiger partial charge in [0.2, 0.25) is 0 Å². The summed E-state index contributed by atoms with van der Waals surface area (Å²) in [4.78, 5) is 13.1. The van der Waals surface area contributed by atoms with E-state index in [1.165, 1.54) is 0 Å². The number of carbonyl (C=O) groups excluding carboxylic acids is 1. The van der Waals surface area contributed by atoms with Crippen molar-refractivity contribution in [2.45, 2.75) is 42.9 Å². The second kappa shape index (κ2) is 14.6. The highest BCUT2D eigenvalue weighted by Gasteiger charge is 2.49. The molecule has 5 atom stereocenters. The van der Waals surface area contributed by atoms with Gasteiger partial charge in [0.05, 0.1) is 13.2 Å². The van der Waals surface area contributed by atoms with E-state index < -0.39 is 36.2 Å². The Kier molecular flexibility index (Phi) is 9.98. The second-order valence-corrected chi connectivity index (χ2v) is 11.3. The molecule has 0 spiro atoms. The van der Waals surface area contributed by atoms with Crippen LogP contribution in [0.2, 0.25) is 0 Å². The Balaban J connectivity index is 1.30. The first kappa shape index (κ1) is 31.4. The lowest BCUT2D eigenvalue weighted by molar-refractivity contribution is -0.156. The van der Waals surface area contributed by atoms with Crippen molar-refractivity contribution in [1.82, 2.24) is 5.32 Å². The Morgan fingerprint density at radius 3 is 1.67 bits per heavy atom. The molecule has 3 N–H and O–H groups in total. The van der Waals surface area contributed by atoms with E-state index in [9.17, 15) is 15.0 Å². The molecule has 234 valence electrons. The quantitative estimate of drug-likeness (QED) is 0.162. The van der Waals surface area contributed by atoms with Crippen molar-refractivity contribution in [2.75, 3.05) is 6.61 Å². The summed E-state index contributed by atoms with van der Waals surface area (Å²) in [5.41, 5.74) is 2.93. The van der Waals surface area contributed by atoms with Crippen molar-refractivity contribution in [2.24, 2.45) is 0 Å². The van der Waals surface area contributed by atoms with Gasteiger partial charge in [-0.1, -0.05) is 140 Å². The summed E-state index contributed by atoms with van der Waals surface area (Å²) in [5.74, 6) is -0.385. The van der Waals surface area contributed by atoms with E-state index in [4.69, 9.17) is 14.2 Å². The van der Waals surface area contributed by atoms with Gasteiger partial charge in [-0.05, 0) is 34.4 Å². The van der Waals surface area contributed by atoms with Gasteiger partial charge in [-0.3, -0.25) is 4.79 Å². The summed E-state index contributed by atoms with van der Waals surface area (Å²) >= 11 is 0. The Hall–Kier alpha value is -4.63. The molecule has 1 aliphatic rings. The van der Waals surface area contributed by atoms with Crippen molar-refractivity contribution in [3.8, 4) is 0 Å². The molecule has 1 unspecified atom stereocenters. The molecule has 1 aliphatic heterocycles. The molecule has 5 aromatic carbocycles. The lowest BCUT2D eigenvalue weighted by Crippen LogP contribution is -2.51. The van der Waals surface area contributed by atoms with Crippen LogP contribution in [0, 0.1) is 0 Å². The molecule has 1 heterocycles. The van der Waals surface area contributed by atoms with E-state index >= 15 is 0 Å². The Bertz CT molecular complexity index is 1560. The topological polar surface area (TPSA) is 97.3 Å². The van der Waals surface area contributed by atoms with Crippen LogP contribution < -0.4 is 5.32 Å². The average molecular weight is 616 g/mol. The number of benzene rings is 5. The number of aliphatic hydroxyl groups is 2. The van der Waals surface area contributed by atoms with Gasteiger partial charge < -0.3 is 29.7 Å². The van der Waals surface area contributed by atoms with E-state index in [0.717, 1.165) is 22.3 Å². The molecular formula is C39H37NO6. The zero-order chi connectivity index (χ0) is 31.8. The van der Waals surface area contributed by atoms with E-state index in [1.807, 2.05) is 127 Å². The third-order valence-corrected chi connectivity index (χ3v) is 8.29. The van der Waals surface area contributed by atoms with Crippen LogP contribution in [0.1, 0.15) is 32.6 Å². The highest BCUT2D eigenvalue weighted by molar-refractivity contribution is 5.94. The zero-order valence-corrected chi connectivity index (χ0v) is 25.3. The van der Waals surface area contributed by atoms with Crippen LogP contribution in [0.25, 0.3) is 0 Å². The monoisotopic (exact) mass is 615 g/mol. The summed E-state index contributed by atoms with van der Waals surface area (Å²) in [6.45, 7) is 0.0198. The largest absolute Gasteiger partial charge is 0.388 e. The fourth-order valence-electron chi connectivity index (χ4n) is 6.02. The van der Waals surface area contributed by atoms with Crippen molar-refractivity contribution in [3.63, 3.8) is 0 Å². The Morgan fingerprint density at radius 2 is 1.17 bits per heavy atom. The fraction of sp³-hybridized carbons (Fsp3) is 0.205. The second-order valence-electron chi connectivity index (χ2n) is 11.3. The minimum absolute atomic E-state index is 0.166. The minimum Gasteiger partial charge on any atom is -0.388 e. The highest BCUT2D eigenvalue weighted by atomic mass is 16.6. The maximum Gasteiger partial charge on any atom is 0.251 e. The van der Waals surface area contributed by atoms with Gasteiger partial charge in [0.1, 0.15) is 30.0 Å². The third-order valence-electron chi connectivity index (χ3n) is 8.29. The van der Waals surface area contributed by atoms with Crippen molar-refractivity contribution in [1.29, 1.82) is 0 Å². The Labute approximate surface area is 269 Å². The molecule has 5 aromatic rings. The van der Waals surface area contributed by atoms with E-state index in [-0.39, 0.29) is 19.1 Å². The van der Waals surface area contributed by atoms with Crippen LogP contribution in [-0.4, -0.2) is 53.4 Å². The summed E-state index contributed by atoms with van der Waals surface area (Å²) in [7, 11) is 0. The van der Waals surface area contributed by atoms with Crippen LogP contribution in [0.5, 0.6) is 0 Å². The first-order valence-corrected chi connectivity index (χ1v) is 15.4. The summed E-state index contributed by atoms with van der Waals surface area (Å²) in [5, 5.41) is 25.7. The maximum atomic E-state index is 13.1. The minimum atomic E-state index is -1.42. The molecule has 1 amide bonds. The van der Waals surface area contributed by atoms with Crippen LogP contribution >= 0.6 is 0 Å². The zero-order valence-electron chi connectivity index (χ0n) is 25.3. The molecule has 1 fully saturated rings. The van der Waals surface area contributed by atoms with E-state index in [1.54, 1.807) is 24.3 Å². The molecule has 0 bridgehead atoms. The molecular weight excluding hydrogens is 578 g/mol. The van der Waals surface area contributed by atoms with Crippen LogP contribution in [0.4, 0.5) is 0 Å². The third kappa shape index (κ3) is 6.79. The molecule has 0 aromatic heterocycles. The Morgan fingerprint density at radius 1 is 0.717 bits per heavy atom. The number of amides is 1. The maximum absolute atomic E-state index is 13.1. The molecule has 1 saturated heterocycles. The molecule has 0 saturated carbocycles. The summed E-state index contributed by atoms with van der Waals surface area (Å²) in [6.07, 6.45) is -4.55. The predicted molar refractivity (Wildman–Crippen MR) is 175 cm³/mol. The van der Waals surface area contributed by atoms with Gasteiger partial charge in [-0.2, -0.15) is 0 Å². The molecule has 0 radical (unpaired) electrons. The molecule has 0 aliphatic carbocycles. The summed E-state index contributed by atoms with van der Waals surface area (Å²) < 4.78 is 19.1. The summed E-state index contributed by atoms with van der Waals surface area (Å²) in [6, 6.07) is 47.0. The first-order chi connectivity index (χ1) is 22.6. The number of rotatable bonds is 12. The number of aliphatic hydroxyl groups excluding tert-OH is 2. The number of carbonyl (C=O) groups is 1. The lowest BCUT2D eigenvalue weighted by atomic mass is 9.80. The van der Waals surface area contributed by atoms with Gasteiger partial charge in [-0.15, -0.1) is 0 Å². The fourth-order valence-corrected chi connectivity index (χ4v) is 6.02.